The summed E-state index contributed by atoms with van der Waals surface area (Å²) >= 11 is 0. The first-order chi connectivity index (χ1) is 9.28. The number of aromatic nitrogens is 2. The van der Waals surface area contributed by atoms with E-state index in [0.717, 1.165) is 6.42 Å². The van der Waals surface area contributed by atoms with E-state index in [2.05, 4.69) is 10.1 Å². The highest BCUT2D eigenvalue weighted by Crippen LogP contribution is 2.31. The molecule has 0 N–H and O–H groups in total. The molecule has 0 unspecified atom stereocenters. The first kappa shape index (κ1) is 12.1. The molecule has 2 aromatic rings. The second-order valence-corrected chi connectivity index (χ2v) is 4.36. The van der Waals surface area contributed by atoms with Crippen LogP contribution in [0.25, 0.3) is 11.5 Å². The molecule has 6 heteroatoms. The molecule has 3 rings (SSSR count). The van der Waals surface area contributed by atoms with Crippen molar-refractivity contribution in [2.24, 2.45) is 0 Å². The van der Waals surface area contributed by atoms with Crippen molar-refractivity contribution in [1.29, 1.82) is 0 Å². The second kappa shape index (κ2) is 4.97. The van der Waals surface area contributed by atoms with Gasteiger partial charge in [0.2, 0.25) is 0 Å². The summed E-state index contributed by atoms with van der Waals surface area (Å²) in [4.78, 5) is 4.31. The Kier molecular flexibility index (Phi) is 3.16. The van der Waals surface area contributed by atoms with E-state index in [4.69, 9.17) is 14.0 Å². The molecule has 1 atom stereocenters. The van der Waals surface area contributed by atoms with Crippen LogP contribution in [0.2, 0.25) is 0 Å². The summed E-state index contributed by atoms with van der Waals surface area (Å²) in [5, 5.41) is 3.94. The van der Waals surface area contributed by atoms with Crippen LogP contribution >= 0.6 is 0 Å². The van der Waals surface area contributed by atoms with E-state index in [-0.39, 0.29) is 17.6 Å². The predicted octanol–water partition coefficient (Wildman–Crippen LogP) is 2.39. The monoisotopic (exact) mass is 264 g/mol. The minimum absolute atomic E-state index is 0.150. The maximum atomic E-state index is 13.3. The van der Waals surface area contributed by atoms with Crippen molar-refractivity contribution in [3.8, 4) is 17.2 Å². The van der Waals surface area contributed by atoms with Gasteiger partial charge in [-0.25, -0.2) is 4.39 Å². The van der Waals surface area contributed by atoms with Gasteiger partial charge in [-0.15, -0.1) is 0 Å². The van der Waals surface area contributed by atoms with Crippen molar-refractivity contribution < 1.29 is 18.4 Å². The van der Waals surface area contributed by atoms with Crippen molar-refractivity contribution in [3.05, 3.63) is 29.8 Å². The average molecular weight is 264 g/mol. The highest BCUT2D eigenvalue weighted by molar-refractivity contribution is 5.62. The Hall–Kier alpha value is -1.95. The lowest BCUT2D eigenvalue weighted by Crippen LogP contribution is -1.99. The largest absolute Gasteiger partial charge is 0.496 e. The lowest BCUT2D eigenvalue weighted by molar-refractivity contribution is 0.192. The number of hydrogen-bond donors (Lipinski definition) is 0. The van der Waals surface area contributed by atoms with Gasteiger partial charge >= 0.3 is 0 Å². The van der Waals surface area contributed by atoms with Gasteiger partial charge in [0.05, 0.1) is 19.3 Å². The van der Waals surface area contributed by atoms with Crippen LogP contribution in [0.3, 0.4) is 0 Å². The number of ether oxygens (including phenoxy) is 2. The van der Waals surface area contributed by atoms with E-state index >= 15 is 0 Å². The van der Waals surface area contributed by atoms with E-state index in [0.29, 0.717) is 30.4 Å². The number of halogens is 1. The standard InChI is InChI=1S/C13H13FN2O3/c1-17-11-3-2-9(14)6-10(11)13-15-12(16-19-13)8-4-5-18-7-8/h2-3,6,8H,4-5,7H2,1H3/t8-/m1/s1. The Balaban J connectivity index is 1.95. The summed E-state index contributed by atoms with van der Waals surface area (Å²) in [7, 11) is 1.51. The molecule has 2 heterocycles. The third-order valence-electron chi connectivity index (χ3n) is 3.13. The molecule has 0 saturated carbocycles. The van der Waals surface area contributed by atoms with Crippen LogP contribution in [0.4, 0.5) is 4.39 Å². The molecule has 1 aromatic heterocycles. The summed E-state index contributed by atoms with van der Waals surface area (Å²) in [6, 6.07) is 4.18. The maximum absolute atomic E-state index is 13.3. The fraction of sp³-hybridized carbons (Fsp3) is 0.385. The smallest absolute Gasteiger partial charge is 0.261 e. The van der Waals surface area contributed by atoms with E-state index in [1.54, 1.807) is 0 Å². The van der Waals surface area contributed by atoms with Crippen molar-refractivity contribution in [2.45, 2.75) is 12.3 Å². The quantitative estimate of drug-likeness (QED) is 0.852. The number of methoxy groups -OCH3 is 1. The zero-order chi connectivity index (χ0) is 13.2. The highest BCUT2D eigenvalue weighted by Gasteiger charge is 2.24. The molecule has 1 aliphatic rings. The van der Waals surface area contributed by atoms with Gasteiger partial charge in [0.15, 0.2) is 5.82 Å². The van der Waals surface area contributed by atoms with Gasteiger partial charge in [-0.05, 0) is 24.6 Å². The first-order valence-corrected chi connectivity index (χ1v) is 6.03. The van der Waals surface area contributed by atoms with Gasteiger partial charge in [0, 0.05) is 12.5 Å². The van der Waals surface area contributed by atoms with E-state index < -0.39 is 0 Å². The number of nitrogens with zero attached hydrogens (tertiary/aromatic N) is 2. The van der Waals surface area contributed by atoms with Gasteiger partial charge < -0.3 is 14.0 Å². The predicted molar refractivity (Wildman–Crippen MR) is 64.4 cm³/mol. The van der Waals surface area contributed by atoms with Gasteiger partial charge in [0.1, 0.15) is 11.6 Å². The lowest BCUT2D eigenvalue weighted by atomic mass is 10.1. The highest BCUT2D eigenvalue weighted by atomic mass is 19.1. The Labute approximate surface area is 109 Å². The summed E-state index contributed by atoms with van der Waals surface area (Å²) in [6.07, 6.45) is 0.874. The molecule has 0 spiro atoms. The molecule has 100 valence electrons. The van der Waals surface area contributed by atoms with Crippen molar-refractivity contribution in [2.75, 3.05) is 20.3 Å². The van der Waals surface area contributed by atoms with Gasteiger partial charge in [-0.1, -0.05) is 5.16 Å². The third kappa shape index (κ3) is 2.31. The Morgan fingerprint density at radius 1 is 1.42 bits per heavy atom. The fourth-order valence-electron chi connectivity index (χ4n) is 2.10. The number of hydrogen-bond acceptors (Lipinski definition) is 5. The summed E-state index contributed by atoms with van der Waals surface area (Å²) < 4.78 is 29.0. The Morgan fingerprint density at radius 2 is 2.32 bits per heavy atom. The van der Waals surface area contributed by atoms with Gasteiger partial charge in [0.25, 0.3) is 5.89 Å². The lowest BCUT2D eigenvalue weighted by Gasteiger charge is -2.04. The third-order valence-corrected chi connectivity index (χ3v) is 3.13. The molecule has 1 fully saturated rings. The Bertz CT molecular complexity index is 579. The molecule has 0 aliphatic carbocycles. The minimum atomic E-state index is -0.375. The normalized spacial score (nSPS) is 18.7. The molecule has 19 heavy (non-hydrogen) atoms. The van der Waals surface area contributed by atoms with E-state index in [1.165, 1.54) is 25.3 Å². The van der Waals surface area contributed by atoms with Gasteiger partial charge in [-0.2, -0.15) is 4.98 Å². The molecule has 1 aromatic carbocycles. The molecule has 0 bridgehead atoms. The van der Waals surface area contributed by atoms with Crippen LogP contribution in [0, 0.1) is 5.82 Å². The number of benzene rings is 1. The zero-order valence-corrected chi connectivity index (χ0v) is 10.4. The number of rotatable bonds is 3. The maximum Gasteiger partial charge on any atom is 0.261 e. The first-order valence-electron chi connectivity index (χ1n) is 6.03. The van der Waals surface area contributed by atoms with E-state index in [1.807, 2.05) is 0 Å². The molecular formula is C13H13FN2O3. The summed E-state index contributed by atoms with van der Waals surface area (Å²) in [6.45, 7) is 1.30. The second-order valence-electron chi connectivity index (χ2n) is 4.36. The van der Waals surface area contributed by atoms with Crippen LogP contribution in [-0.2, 0) is 4.74 Å². The van der Waals surface area contributed by atoms with Crippen LogP contribution in [0.15, 0.2) is 22.7 Å². The summed E-state index contributed by atoms with van der Waals surface area (Å²) in [5.41, 5.74) is 0.458. The Morgan fingerprint density at radius 3 is 3.05 bits per heavy atom. The van der Waals surface area contributed by atoms with E-state index in [9.17, 15) is 4.39 Å². The summed E-state index contributed by atoms with van der Waals surface area (Å²) in [5.74, 6) is 1.13. The van der Waals surface area contributed by atoms with Crippen LogP contribution < -0.4 is 4.74 Å². The van der Waals surface area contributed by atoms with Crippen LogP contribution in [0.1, 0.15) is 18.2 Å². The fourth-order valence-corrected chi connectivity index (χ4v) is 2.10. The minimum Gasteiger partial charge on any atom is -0.496 e. The molecule has 1 saturated heterocycles. The molecule has 0 radical (unpaired) electrons. The van der Waals surface area contributed by atoms with Crippen molar-refractivity contribution in [3.63, 3.8) is 0 Å². The van der Waals surface area contributed by atoms with Gasteiger partial charge in [-0.3, -0.25) is 0 Å². The van der Waals surface area contributed by atoms with Crippen LogP contribution in [-0.4, -0.2) is 30.5 Å². The molecular weight excluding hydrogens is 251 g/mol. The van der Waals surface area contributed by atoms with Crippen molar-refractivity contribution in [1.82, 2.24) is 10.1 Å². The topological polar surface area (TPSA) is 57.4 Å². The molecule has 1 aliphatic heterocycles. The SMILES string of the molecule is COc1ccc(F)cc1-c1nc([C@@H]2CCOC2)no1. The molecule has 5 nitrogen and oxygen atoms in total. The van der Waals surface area contributed by atoms with Crippen molar-refractivity contribution >= 4 is 0 Å². The average Bonchev–Trinajstić information content (AvgIpc) is 3.09. The van der Waals surface area contributed by atoms with Crippen LogP contribution in [0.5, 0.6) is 5.75 Å². The molecule has 0 amide bonds. The zero-order valence-electron chi connectivity index (χ0n) is 10.4.